The molecular weight excluding hydrogens is 218 g/mol. The second kappa shape index (κ2) is 6.74. The second-order valence-electron chi connectivity index (χ2n) is 3.65. The first kappa shape index (κ1) is 13.3. The van der Waals surface area contributed by atoms with Crippen LogP contribution in [0.3, 0.4) is 0 Å². The van der Waals surface area contributed by atoms with Crippen LogP contribution in [0.25, 0.3) is 0 Å². The first-order chi connectivity index (χ1) is 8.19. The molecule has 0 aliphatic carbocycles. The summed E-state index contributed by atoms with van der Waals surface area (Å²) in [6, 6.07) is 7.35. The van der Waals surface area contributed by atoms with Crippen molar-refractivity contribution in [2.45, 2.75) is 0 Å². The number of nitrogens with zero attached hydrogens (tertiary/aromatic N) is 2. The number of hydrogen-bond acceptors (Lipinski definition) is 5. The van der Waals surface area contributed by atoms with E-state index in [1.807, 2.05) is 18.0 Å². The number of nitrogen functional groups attached to an aromatic ring is 1. The molecule has 0 atom stereocenters. The van der Waals surface area contributed by atoms with Gasteiger partial charge in [0.25, 0.3) is 0 Å². The number of anilines is 2. The van der Waals surface area contributed by atoms with E-state index < -0.39 is 0 Å². The number of hydrogen-bond donors (Lipinski definition) is 2. The number of benzene rings is 1. The number of likely N-dealkylation sites (N-methyl/N-ethyl adjacent to an activating group) is 1. The topological polar surface area (TPSA) is 82.5 Å². The lowest BCUT2D eigenvalue weighted by atomic mass is 10.1. The Morgan fingerprint density at radius 3 is 2.88 bits per heavy atom. The molecule has 92 valence electrons. The van der Waals surface area contributed by atoms with Crippen molar-refractivity contribution in [1.82, 2.24) is 0 Å². The summed E-state index contributed by atoms with van der Waals surface area (Å²) in [5.74, 6) is 0. The van der Waals surface area contributed by atoms with Gasteiger partial charge in [-0.25, -0.2) is 0 Å². The highest BCUT2D eigenvalue weighted by molar-refractivity contribution is 5.64. The van der Waals surface area contributed by atoms with Crippen molar-refractivity contribution in [3.8, 4) is 6.07 Å². The number of aliphatic hydroxyl groups excluding tert-OH is 1. The van der Waals surface area contributed by atoms with Crippen molar-refractivity contribution in [2.75, 3.05) is 44.0 Å². The Kier molecular flexibility index (Phi) is 5.27. The molecule has 0 fully saturated rings. The molecule has 0 unspecified atom stereocenters. The fourth-order valence-electron chi connectivity index (χ4n) is 1.46. The van der Waals surface area contributed by atoms with E-state index in [2.05, 4.69) is 6.07 Å². The van der Waals surface area contributed by atoms with Gasteiger partial charge >= 0.3 is 0 Å². The molecule has 0 aliphatic heterocycles. The summed E-state index contributed by atoms with van der Waals surface area (Å²) in [5.41, 5.74) is 7.58. The average molecular weight is 235 g/mol. The molecule has 0 radical (unpaired) electrons. The second-order valence-corrected chi connectivity index (χ2v) is 3.65. The van der Waals surface area contributed by atoms with Crippen molar-refractivity contribution < 1.29 is 9.84 Å². The summed E-state index contributed by atoms with van der Waals surface area (Å²) in [5, 5.41) is 17.6. The van der Waals surface area contributed by atoms with Crippen molar-refractivity contribution in [1.29, 1.82) is 5.26 Å². The maximum Gasteiger partial charge on any atom is 0.101 e. The highest BCUT2D eigenvalue weighted by atomic mass is 16.5. The standard InChI is InChI=1S/C12H17N3O2/c1-15(4-6-17-7-5-16)12-3-2-11(14)8-10(12)9-13/h2-3,8,16H,4-7,14H2,1H3. The summed E-state index contributed by atoms with van der Waals surface area (Å²) in [7, 11) is 1.88. The molecule has 0 amide bonds. The van der Waals surface area contributed by atoms with Crippen molar-refractivity contribution in [3.63, 3.8) is 0 Å². The van der Waals surface area contributed by atoms with Gasteiger partial charge in [-0.1, -0.05) is 0 Å². The Labute approximate surface area is 101 Å². The summed E-state index contributed by atoms with van der Waals surface area (Å²) in [6.45, 7) is 1.51. The maximum atomic E-state index is 9.00. The van der Waals surface area contributed by atoms with Gasteiger partial charge in [-0.05, 0) is 18.2 Å². The van der Waals surface area contributed by atoms with Gasteiger partial charge in [0, 0.05) is 19.3 Å². The monoisotopic (exact) mass is 235 g/mol. The van der Waals surface area contributed by atoms with Gasteiger partial charge < -0.3 is 20.5 Å². The van der Waals surface area contributed by atoms with E-state index in [4.69, 9.17) is 20.8 Å². The van der Waals surface area contributed by atoms with E-state index in [-0.39, 0.29) is 6.61 Å². The van der Waals surface area contributed by atoms with Crippen LogP contribution < -0.4 is 10.6 Å². The predicted octanol–water partition coefficient (Wildman–Crippen LogP) is 0.586. The molecule has 0 aliphatic rings. The van der Waals surface area contributed by atoms with Crippen molar-refractivity contribution in [3.05, 3.63) is 23.8 Å². The number of rotatable bonds is 6. The van der Waals surface area contributed by atoms with Gasteiger partial charge in [-0.3, -0.25) is 0 Å². The lowest BCUT2D eigenvalue weighted by Gasteiger charge is -2.20. The maximum absolute atomic E-state index is 9.00. The smallest absolute Gasteiger partial charge is 0.101 e. The molecule has 17 heavy (non-hydrogen) atoms. The van der Waals surface area contributed by atoms with Crippen LogP contribution >= 0.6 is 0 Å². The van der Waals surface area contributed by atoms with Crippen LogP contribution in [0.1, 0.15) is 5.56 Å². The van der Waals surface area contributed by atoms with E-state index in [0.29, 0.717) is 31.0 Å². The molecule has 0 bridgehead atoms. The van der Waals surface area contributed by atoms with Crippen LogP contribution in [-0.4, -0.2) is 38.5 Å². The largest absolute Gasteiger partial charge is 0.399 e. The van der Waals surface area contributed by atoms with E-state index in [0.717, 1.165) is 5.69 Å². The molecule has 5 heteroatoms. The Hall–Kier alpha value is -1.77. The molecule has 3 N–H and O–H groups in total. The van der Waals surface area contributed by atoms with E-state index in [1.54, 1.807) is 12.1 Å². The molecule has 1 aromatic rings. The first-order valence-corrected chi connectivity index (χ1v) is 5.38. The zero-order valence-corrected chi connectivity index (χ0v) is 9.89. The molecule has 1 rings (SSSR count). The van der Waals surface area contributed by atoms with Crippen LogP contribution in [0.5, 0.6) is 0 Å². The lowest BCUT2D eigenvalue weighted by Crippen LogP contribution is -2.24. The summed E-state index contributed by atoms with van der Waals surface area (Å²) in [4.78, 5) is 1.93. The number of nitriles is 1. The van der Waals surface area contributed by atoms with Crippen LogP contribution in [0, 0.1) is 11.3 Å². The van der Waals surface area contributed by atoms with Crippen molar-refractivity contribution >= 4 is 11.4 Å². The average Bonchev–Trinajstić information content (AvgIpc) is 2.34. The summed E-state index contributed by atoms with van der Waals surface area (Å²) in [6.07, 6.45) is 0. The zero-order chi connectivity index (χ0) is 12.7. The third-order valence-corrected chi connectivity index (χ3v) is 2.36. The van der Waals surface area contributed by atoms with Gasteiger partial charge in [0.05, 0.1) is 31.1 Å². The molecule has 1 aromatic carbocycles. The minimum atomic E-state index is 0.0228. The number of aliphatic hydroxyl groups is 1. The Morgan fingerprint density at radius 1 is 1.47 bits per heavy atom. The number of nitrogens with two attached hydrogens (primary N) is 1. The fraction of sp³-hybridized carbons (Fsp3) is 0.417. The minimum Gasteiger partial charge on any atom is -0.399 e. The van der Waals surface area contributed by atoms with Crippen LogP contribution in [-0.2, 0) is 4.74 Å². The number of ether oxygens (including phenoxy) is 1. The highest BCUT2D eigenvalue weighted by Gasteiger charge is 2.07. The molecule has 0 heterocycles. The van der Waals surface area contributed by atoms with E-state index in [1.165, 1.54) is 0 Å². The molecule has 0 saturated carbocycles. The SMILES string of the molecule is CN(CCOCCO)c1ccc(N)cc1C#N. The molecule has 5 nitrogen and oxygen atoms in total. The zero-order valence-electron chi connectivity index (χ0n) is 9.89. The fourth-order valence-corrected chi connectivity index (χ4v) is 1.46. The Balaban J connectivity index is 2.62. The summed E-state index contributed by atoms with van der Waals surface area (Å²) < 4.78 is 5.17. The molecule has 0 saturated heterocycles. The minimum absolute atomic E-state index is 0.0228. The molecule has 0 aromatic heterocycles. The van der Waals surface area contributed by atoms with E-state index >= 15 is 0 Å². The van der Waals surface area contributed by atoms with Gasteiger partial charge in [-0.15, -0.1) is 0 Å². The van der Waals surface area contributed by atoms with Crippen LogP contribution in [0.2, 0.25) is 0 Å². The van der Waals surface area contributed by atoms with Gasteiger partial charge in [0.15, 0.2) is 0 Å². The van der Waals surface area contributed by atoms with Crippen LogP contribution in [0.4, 0.5) is 11.4 Å². The third kappa shape index (κ3) is 3.94. The summed E-state index contributed by atoms with van der Waals surface area (Å²) >= 11 is 0. The molecular formula is C12H17N3O2. The van der Waals surface area contributed by atoms with Gasteiger partial charge in [-0.2, -0.15) is 5.26 Å². The lowest BCUT2D eigenvalue weighted by molar-refractivity contribution is 0.0971. The highest BCUT2D eigenvalue weighted by Crippen LogP contribution is 2.21. The Bertz CT molecular complexity index is 401. The molecule has 0 spiro atoms. The van der Waals surface area contributed by atoms with Gasteiger partial charge in [0.1, 0.15) is 6.07 Å². The first-order valence-electron chi connectivity index (χ1n) is 5.38. The Morgan fingerprint density at radius 2 is 2.24 bits per heavy atom. The third-order valence-electron chi connectivity index (χ3n) is 2.36. The van der Waals surface area contributed by atoms with Crippen molar-refractivity contribution in [2.24, 2.45) is 0 Å². The quantitative estimate of drug-likeness (QED) is 0.557. The van der Waals surface area contributed by atoms with Crippen LogP contribution in [0.15, 0.2) is 18.2 Å². The predicted molar refractivity (Wildman–Crippen MR) is 66.7 cm³/mol. The van der Waals surface area contributed by atoms with Gasteiger partial charge in [0.2, 0.25) is 0 Å². The normalized spacial score (nSPS) is 9.94. The van der Waals surface area contributed by atoms with E-state index in [9.17, 15) is 0 Å².